The van der Waals surface area contributed by atoms with Gasteiger partial charge in [-0.1, -0.05) is 64.6 Å². The monoisotopic (exact) mass is 452 g/mol. The van der Waals surface area contributed by atoms with Gasteiger partial charge < -0.3 is 10.2 Å². The first kappa shape index (κ1) is 20.8. The van der Waals surface area contributed by atoms with Crippen molar-refractivity contribution in [3.8, 4) is 5.75 Å². The van der Waals surface area contributed by atoms with Gasteiger partial charge in [-0.2, -0.15) is 5.10 Å². The predicted molar refractivity (Wildman–Crippen MR) is 118 cm³/mol. The van der Waals surface area contributed by atoms with Crippen LogP contribution in [0.5, 0.6) is 5.75 Å². The lowest BCUT2D eigenvalue weighted by Crippen LogP contribution is -2.07. The molecule has 144 valence electrons. The third-order valence-electron chi connectivity index (χ3n) is 3.87. The van der Waals surface area contributed by atoms with Crippen molar-refractivity contribution in [3.05, 3.63) is 97.4 Å². The van der Waals surface area contributed by atoms with Crippen LogP contribution in [0, 0.1) is 0 Å². The molecule has 0 bridgehead atoms. The van der Waals surface area contributed by atoms with E-state index in [1.807, 2.05) is 24.3 Å². The van der Waals surface area contributed by atoms with Crippen LogP contribution in [0.4, 0.5) is 0 Å². The van der Waals surface area contributed by atoms with Crippen molar-refractivity contribution in [3.63, 3.8) is 0 Å². The summed E-state index contributed by atoms with van der Waals surface area (Å²) in [6, 6.07) is 18.2. The fourth-order valence-electron chi connectivity index (χ4n) is 2.48. The molecule has 0 aliphatic rings. The van der Waals surface area contributed by atoms with E-state index in [4.69, 9.17) is 51.1 Å². The molecule has 3 rings (SSSR count). The molecule has 0 aromatic heterocycles. The quantitative estimate of drug-likeness (QED) is 0.308. The number of rotatable bonds is 7. The highest BCUT2D eigenvalue weighted by Crippen LogP contribution is 2.25. The minimum absolute atomic E-state index is 0.381. The Kier molecular flexibility index (Phi) is 7.46. The highest BCUT2D eigenvalue weighted by Gasteiger charge is 2.06. The summed E-state index contributed by atoms with van der Waals surface area (Å²) >= 11 is 24.4. The number of halogens is 4. The van der Waals surface area contributed by atoms with Crippen LogP contribution in [-0.2, 0) is 13.2 Å². The lowest BCUT2D eigenvalue weighted by Gasteiger charge is -2.10. The Morgan fingerprint density at radius 2 is 1.57 bits per heavy atom. The van der Waals surface area contributed by atoms with Gasteiger partial charge in [-0.05, 0) is 48.0 Å². The van der Waals surface area contributed by atoms with Crippen LogP contribution < -0.4 is 10.2 Å². The van der Waals surface area contributed by atoms with Gasteiger partial charge in [-0.25, -0.2) is 0 Å². The van der Waals surface area contributed by atoms with Gasteiger partial charge in [-0.3, -0.25) is 0 Å². The smallest absolute Gasteiger partial charge is 0.128 e. The summed E-state index contributed by atoms with van der Waals surface area (Å²) in [5, 5.41) is 6.67. The molecule has 0 radical (unpaired) electrons. The van der Waals surface area contributed by atoms with E-state index < -0.39 is 0 Å². The number of hydrazone groups is 1. The van der Waals surface area contributed by atoms with Crippen LogP contribution in [0.15, 0.2) is 65.8 Å². The molecule has 3 aromatic rings. The second kappa shape index (κ2) is 10.0. The maximum Gasteiger partial charge on any atom is 0.128 e. The van der Waals surface area contributed by atoms with Gasteiger partial charge in [0, 0.05) is 31.2 Å². The van der Waals surface area contributed by atoms with Gasteiger partial charge in [-0.15, -0.1) is 0 Å². The van der Waals surface area contributed by atoms with Gasteiger partial charge in [0.05, 0.1) is 12.8 Å². The van der Waals surface area contributed by atoms with Crippen LogP contribution in [0.2, 0.25) is 20.1 Å². The molecule has 0 saturated carbocycles. The summed E-state index contributed by atoms with van der Waals surface area (Å²) in [7, 11) is 0. The van der Waals surface area contributed by atoms with Gasteiger partial charge in [0.1, 0.15) is 12.4 Å². The average Bonchev–Trinajstić information content (AvgIpc) is 2.66. The van der Waals surface area contributed by atoms with Gasteiger partial charge >= 0.3 is 0 Å². The molecule has 3 nitrogen and oxygen atoms in total. The fraction of sp³-hybridized carbons (Fsp3) is 0.0952. The third-order valence-corrected chi connectivity index (χ3v) is 5.05. The van der Waals surface area contributed by atoms with Crippen LogP contribution in [0.1, 0.15) is 16.7 Å². The van der Waals surface area contributed by atoms with Crippen molar-refractivity contribution < 1.29 is 4.74 Å². The van der Waals surface area contributed by atoms with Crippen molar-refractivity contribution >= 4 is 52.6 Å². The Morgan fingerprint density at radius 3 is 2.32 bits per heavy atom. The second-order valence-electron chi connectivity index (χ2n) is 5.89. The highest BCUT2D eigenvalue weighted by atomic mass is 35.5. The van der Waals surface area contributed by atoms with Crippen molar-refractivity contribution in [2.24, 2.45) is 5.10 Å². The first-order chi connectivity index (χ1) is 13.5. The minimum atomic E-state index is 0.381. The van der Waals surface area contributed by atoms with E-state index in [0.29, 0.717) is 39.0 Å². The lowest BCUT2D eigenvalue weighted by atomic mass is 10.2. The van der Waals surface area contributed by atoms with Crippen molar-refractivity contribution in [2.75, 3.05) is 0 Å². The third kappa shape index (κ3) is 5.79. The van der Waals surface area contributed by atoms with E-state index in [-0.39, 0.29) is 0 Å². The van der Waals surface area contributed by atoms with E-state index >= 15 is 0 Å². The number of benzene rings is 3. The van der Waals surface area contributed by atoms with Gasteiger partial charge in [0.25, 0.3) is 0 Å². The van der Waals surface area contributed by atoms with Crippen molar-refractivity contribution in [1.29, 1.82) is 0 Å². The summed E-state index contributed by atoms with van der Waals surface area (Å²) < 4.78 is 5.91. The van der Waals surface area contributed by atoms with Crippen molar-refractivity contribution in [1.82, 2.24) is 5.43 Å². The van der Waals surface area contributed by atoms with E-state index in [1.54, 1.807) is 42.6 Å². The second-order valence-corrected chi connectivity index (χ2v) is 7.58. The first-order valence-corrected chi connectivity index (χ1v) is 9.90. The largest absolute Gasteiger partial charge is 0.488 e. The average molecular weight is 454 g/mol. The van der Waals surface area contributed by atoms with Gasteiger partial charge in [0.2, 0.25) is 0 Å². The number of nitrogens with one attached hydrogen (secondary N) is 1. The normalized spacial score (nSPS) is 11.0. The molecular formula is C21H16Cl4N2O. The molecule has 0 aliphatic carbocycles. The van der Waals surface area contributed by atoms with Crippen LogP contribution >= 0.6 is 46.4 Å². The fourth-order valence-corrected chi connectivity index (χ4v) is 3.41. The molecule has 28 heavy (non-hydrogen) atoms. The van der Waals surface area contributed by atoms with Crippen LogP contribution in [-0.4, -0.2) is 6.21 Å². The van der Waals surface area contributed by atoms with E-state index in [1.165, 1.54) is 0 Å². The molecule has 0 fully saturated rings. The Morgan fingerprint density at radius 1 is 0.857 bits per heavy atom. The molecule has 0 amide bonds. The summed E-state index contributed by atoms with van der Waals surface area (Å²) in [5.74, 6) is 0.658. The molecule has 0 spiro atoms. The molecule has 7 heteroatoms. The molecule has 0 heterocycles. The van der Waals surface area contributed by atoms with E-state index in [2.05, 4.69) is 10.5 Å². The van der Waals surface area contributed by atoms with Crippen LogP contribution in [0.3, 0.4) is 0 Å². The predicted octanol–water partition coefficient (Wildman–Crippen LogP) is 7.00. The zero-order valence-electron chi connectivity index (χ0n) is 14.6. The zero-order valence-corrected chi connectivity index (χ0v) is 17.7. The summed E-state index contributed by atoms with van der Waals surface area (Å²) in [5.41, 5.74) is 5.44. The summed E-state index contributed by atoms with van der Waals surface area (Å²) in [6.45, 7) is 0.778. The Balaban J connectivity index is 1.67. The lowest BCUT2D eigenvalue weighted by molar-refractivity contribution is 0.306. The highest BCUT2D eigenvalue weighted by molar-refractivity contribution is 6.36. The maximum atomic E-state index is 6.16. The Hall–Kier alpha value is -1.91. The topological polar surface area (TPSA) is 33.6 Å². The number of hydrogen-bond donors (Lipinski definition) is 1. The van der Waals surface area contributed by atoms with E-state index in [9.17, 15) is 0 Å². The molecule has 0 saturated heterocycles. The standard InChI is InChI=1S/C21H16Cl4N2O/c22-16-4-1-3-14(9-16)13-28-21-8-7-17(23)10-15(21)11-26-27-12-18-19(24)5-2-6-20(18)25/h1-11,27H,12-13H2/b26-11-. The SMILES string of the molecule is Clc1cccc(COc2ccc(Cl)cc2/C=N\NCc2c(Cl)cccc2Cl)c1. The van der Waals surface area contributed by atoms with Crippen molar-refractivity contribution in [2.45, 2.75) is 13.2 Å². The number of nitrogens with zero attached hydrogens (tertiary/aromatic N) is 1. The Bertz CT molecular complexity index is 972. The van der Waals surface area contributed by atoms with Gasteiger partial charge in [0.15, 0.2) is 0 Å². The number of ether oxygens (including phenoxy) is 1. The molecular weight excluding hydrogens is 438 g/mol. The molecule has 0 unspecified atom stereocenters. The number of hydrogen-bond acceptors (Lipinski definition) is 3. The first-order valence-electron chi connectivity index (χ1n) is 8.38. The molecule has 3 aromatic carbocycles. The van der Waals surface area contributed by atoms with E-state index in [0.717, 1.165) is 16.7 Å². The molecule has 1 N–H and O–H groups in total. The minimum Gasteiger partial charge on any atom is -0.488 e. The molecule has 0 aliphatic heterocycles. The maximum absolute atomic E-state index is 6.16. The molecule has 0 atom stereocenters. The summed E-state index contributed by atoms with van der Waals surface area (Å²) in [6.07, 6.45) is 1.64. The zero-order chi connectivity index (χ0) is 19.9. The summed E-state index contributed by atoms with van der Waals surface area (Å²) in [4.78, 5) is 0. The Labute approximate surface area is 183 Å². The van der Waals surface area contributed by atoms with Crippen LogP contribution in [0.25, 0.3) is 0 Å².